The number of tetrazole rings is 1. The van der Waals surface area contributed by atoms with Gasteiger partial charge in [0.2, 0.25) is 0 Å². The molecule has 0 radical (unpaired) electrons. The molecule has 0 saturated carbocycles. The number of thiophene rings is 1. The summed E-state index contributed by atoms with van der Waals surface area (Å²) in [5, 5.41) is 14.8. The first-order chi connectivity index (χ1) is 12.5. The van der Waals surface area contributed by atoms with E-state index in [1.165, 1.54) is 29.8 Å². The number of anilines is 1. The van der Waals surface area contributed by atoms with Gasteiger partial charge in [-0.2, -0.15) is 0 Å². The minimum absolute atomic E-state index is 0.210. The molecule has 0 aliphatic heterocycles. The molecule has 8 heteroatoms. The van der Waals surface area contributed by atoms with E-state index >= 15 is 0 Å². The molecule has 4 rings (SSSR count). The van der Waals surface area contributed by atoms with Gasteiger partial charge in [0.15, 0.2) is 0 Å². The third kappa shape index (κ3) is 2.84. The summed E-state index contributed by atoms with van der Waals surface area (Å²) in [6, 6.07) is 10.1. The van der Waals surface area contributed by atoms with Crippen molar-refractivity contribution in [2.24, 2.45) is 0 Å². The number of hydrogen-bond donors (Lipinski definition) is 1. The number of nitrogens with one attached hydrogen (secondary N) is 1. The highest BCUT2D eigenvalue weighted by Gasteiger charge is 2.16. The fourth-order valence-corrected chi connectivity index (χ4v) is 3.94. The van der Waals surface area contributed by atoms with Crippen molar-refractivity contribution >= 4 is 33.0 Å². The zero-order valence-electron chi connectivity index (χ0n) is 14.0. The van der Waals surface area contributed by atoms with E-state index in [-0.39, 0.29) is 11.7 Å². The maximum absolute atomic E-state index is 13.5. The topological polar surface area (TPSA) is 72.7 Å². The summed E-state index contributed by atoms with van der Waals surface area (Å²) in [5.74, 6) is -0.516. The van der Waals surface area contributed by atoms with E-state index in [1.807, 2.05) is 26.0 Å². The Balaban J connectivity index is 1.62. The summed E-state index contributed by atoms with van der Waals surface area (Å²) < 4.78 is 15.9. The number of halogens is 1. The molecule has 0 aliphatic rings. The van der Waals surface area contributed by atoms with E-state index in [4.69, 9.17) is 0 Å². The number of aryl methyl sites for hydroxylation is 2. The lowest BCUT2D eigenvalue weighted by Crippen LogP contribution is -2.11. The second-order valence-electron chi connectivity index (χ2n) is 5.91. The zero-order valence-corrected chi connectivity index (χ0v) is 14.8. The highest BCUT2D eigenvalue weighted by Crippen LogP contribution is 2.32. The maximum atomic E-state index is 13.5. The van der Waals surface area contributed by atoms with E-state index in [9.17, 15) is 9.18 Å². The Kier molecular flexibility index (Phi) is 3.96. The molecule has 2 heterocycles. The number of hydrogen-bond acceptors (Lipinski definition) is 5. The Bertz CT molecular complexity index is 1120. The lowest BCUT2D eigenvalue weighted by molar-refractivity contribution is 0.103. The smallest absolute Gasteiger partial charge is 0.266 e. The standard InChI is InChI=1S/C18H14FN5OS/c1-10-7-13(4-5-15(10)24-9-20-22-23-24)21-18(25)17-11(2)14-8-12(19)3-6-16(14)26-17/h3-9H,1-2H3,(H,21,25). The normalized spacial score (nSPS) is 11.0. The Morgan fingerprint density at radius 2 is 2.04 bits per heavy atom. The fourth-order valence-electron chi connectivity index (χ4n) is 2.86. The molecule has 1 N–H and O–H groups in total. The van der Waals surface area contributed by atoms with Crippen LogP contribution < -0.4 is 5.32 Å². The first kappa shape index (κ1) is 16.3. The highest BCUT2D eigenvalue weighted by molar-refractivity contribution is 7.21. The second kappa shape index (κ2) is 6.30. The molecule has 1 amide bonds. The fraction of sp³-hybridized carbons (Fsp3) is 0.111. The van der Waals surface area contributed by atoms with Gasteiger partial charge < -0.3 is 5.32 Å². The summed E-state index contributed by atoms with van der Waals surface area (Å²) in [5.41, 5.74) is 3.21. The van der Waals surface area contributed by atoms with Crippen LogP contribution in [-0.4, -0.2) is 26.1 Å². The summed E-state index contributed by atoms with van der Waals surface area (Å²) >= 11 is 1.36. The molecule has 0 unspecified atom stereocenters. The van der Waals surface area contributed by atoms with Gasteiger partial charge in [-0.3, -0.25) is 4.79 Å². The molecule has 6 nitrogen and oxygen atoms in total. The Labute approximate surface area is 152 Å². The molecule has 0 aliphatic carbocycles. The van der Waals surface area contributed by atoms with Crippen LogP contribution in [0.2, 0.25) is 0 Å². The highest BCUT2D eigenvalue weighted by atomic mass is 32.1. The van der Waals surface area contributed by atoms with Gasteiger partial charge in [-0.1, -0.05) is 0 Å². The van der Waals surface area contributed by atoms with Crippen molar-refractivity contribution in [3.63, 3.8) is 0 Å². The van der Waals surface area contributed by atoms with Crippen molar-refractivity contribution < 1.29 is 9.18 Å². The first-order valence-electron chi connectivity index (χ1n) is 7.87. The lowest BCUT2D eigenvalue weighted by Gasteiger charge is -2.09. The van der Waals surface area contributed by atoms with Crippen LogP contribution in [0.4, 0.5) is 10.1 Å². The van der Waals surface area contributed by atoms with Crippen molar-refractivity contribution in [3.8, 4) is 5.69 Å². The van der Waals surface area contributed by atoms with E-state index in [2.05, 4.69) is 20.8 Å². The summed E-state index contributed by atoms with van der Waals surface area (Å²) in [4.78, 5) is 13.3. The molecule has 0 spiro atoms. The van der Waals surface area contributed by atoms with E-state index in [0.717, 1.165) is 26.9 Å². The molecule has 4 aromatic rings. The maximum Gasteiger partial charge on any atom is 0.266 e. The Morgan fingerprint density at radius 1 is 1.19 bits per heavy atom. The number of aromatic nitrogens is 4. The van der Waals surface area contributed by atoms with Gasteiger partial charge in [-0.15, -0.1) is 16.4 Å². The van der Waals surface area contributed by atoms with Crippen LogP contribution in [-0.2, 0) is 0 Å². The third-order valence-electron chi connectivity index (χ3n) is 4.15. The number of carbonyl (C=O) groups is 1. The van der Waals surface area contributed by atoms with Crippen LogP contribution in [0.3, 0.4) is 0 Å². The van der Waals surface area contributed by atoms with Crippen LogP contribution in [0, 0.1) is 19.7 Å². The Morgan fingerprint density at radius 3 is 2.77 bits per heavy atom. The number of nitrogens with zero attached hydrogens (tertiary/aromatic N) is 4. The molecule has 130 valence electrons. The predicted octanol–water partition coefficient (Wildman–Crippen LogP) is 3.89. The number of fused-ring (bicyclic) bond motifs is 1. The van der Waals surface area contributed by atoms with E-state index in [1.54, 1.807) is 16.8 Å². The molecule has 0 atom stereocenters. The first-order valence-corrected chi connectivity index (χ1v) is 8.68. The molecule has 0 bridgehead atoms. The minimum Gasteiger partial charge on any atom is -0.321 e. The van der Waals surface area contributed by atoms with Crippen molar-refractivity contribution in [3.05, 3.63) is 64.5 Å². The SMILES string of the molecule is Cc1cc(NC(=O)c2sc3ccc(F)cc3c2C)ccc1-n1cnnn1. The van der Waals surface area contributed by atoms with Crippen molar-refractivity contribution in [2.45, 2.75) is 13.8 Å². The van der Waals surface area contributed by atoms with Gasteiger partial charge in [-0.25, -0.2) is 9.07 Å². The van der Waals surface area contributed by atoms with E-state index < -0.39 is 0 Å². The number of amides is 1. The minimum atomic E-state index is -0.306. The zero-order chi connectivity index (χ0) is 18.3. The Hall–Kier alpha value is -3.13. The van der Waals surface area contributed by atoms with Crippen molar-refractivity contribution in [1.29, 1.82) is 0 Å². The van der Waals surface area contributed by atoms with Crippen molar-refractivity contribution in [2.75, 3.05) is 5.32 Å². The molecule has 26 heavy (non-hydrogen) atoms. The summed E-state index contributed by atoms with van der Waals surface area (Å²) in [6.45, 7) is 3.75. The lowest BCUT2D eigenvalue weighted by atomic mass is 10.1. The van der Waals surface area contributed by atoms with Gasteiger partial charge in [0, 0.05) is 10.4 Å². The van der Waals surface area contributed by atoms with Gasteiger partial charge in [-0.05, 0) is 77.2 Å². The molecular weight excluding hydrogens is 353 g/mol. The average molecular weight is 367 g/mol. The van der Waals surface area contributed by atoms with Crippen LogP contribution in [0.15, 0.2) is 42.7 Å². The number of carbonyl (C=O) groups excluding carboxylic acids is 1. The monoisotopic (exact) mass is 367 g/mol. The quantitative estimate of drug-likeness (QED) is 0.596. The molecule has 0 saturated heterocycles. The van der Waals surface area contributed by atoms with Gasteiger partial charge in [0.05, 0.1) is 10.6 Å². The molecule has 2 aromatic carbocycles. The molecule has 0 fully saturated rings. The number of benzene rings is 2. The van der Waals surface area contributed by atoms with Gasteiger partial charge in [0.1, 0.15) is 12.1 Å². The van der Waals surface area contributed by atoms with E-state index in [0.29, 0.717) is 10.6 Å². The largest absolute Gasteiger partial charge is 0.321 e. The predicted molar refractivity (Wildman–Crippen MR) is 98.4 cm³/mol. The van der Waals surface area contributed by atoms with Gasteiger partial charge >= 0.3 is 0 Å². The third-order valence-corrected chi connectivity index (χ3v) is 5.43. The second-order valence-corrected chi connectivity index (χ2v) is 6.96. The molecular formula is C18H14FN5OS. The van der Waals surface area contributed by atoms with Gasteiger partial charge in [0.25, 0.3) is 5.91 Å². The van der Waals surface area contributed by atoms with Crippen LogP contribution >= 0.6 is 11.3 Å². The van der Waals surface area contributed by atoms with Crippen LogP contribution in [0.25, 0.3) is 15.8 Å². The van der Waals surface area contributed by atoms with Crippen LogP contribution in [0.5, 0.6) is 0 Å². The summed E-state index contributed by atoms with van der Waals surface area (Å²) in [6.07, 6.45) is 1.51. The summed E-state index contributed by atoms with van der Waals surface area (Å²) in [7, 11) is 0. The van der Waals surface area contributed by atoms with Crippen molar-refractivity contribution in [1.82, 2.24) is 20.2 Å². The average Bonchev–Trinajstić information content (AvgIpc) is 3.24. The molecule has 2 aromatic heterocycles. The number of rotatable bonds is 3. The van der Waals surface area contributed by atoms with Crippen LogP contribution in [0.1, 0.15) is 20.8 Å².